The van der Waals surface area contributed by atoms with Gasteiger partial charge in [0.25, 0.3) is 0 Å². The first-order valence-electron chi connectivity index (χ1n) is 9.84. The van der Waals surface area contributed by atoms with Crippen molar-refractivity contribution >= 4 is 22.9 Å². The molecule has 0 aliphatic carbocycles. The van der Waals surface area contributed by atoms with E-state index >= 15 is 0 Å². The van der Waals surface area contributed by atoms with Crippen LogP contribution in [0.25, 0.3) is 33.2 Å². The molecule has 2 aromatic heterocycles. The van der Waals surface area contributed by atoms with Crippen LogP contribution in [0.15, 0.2) is 42.5 Å². The zero-order chi connectivity index (χ0) is 21.6. The normalized spacial score (nSPS) is 11.5. The number of thiophene rings is 1. The van der Waals surface area contributed by atoms with Crippen LogP contribution in [0.5, 0.6) is 0 Å². The predicted molar refractivity (Wildman–Crippen MR) is 124 cm³/mol. The Labute approximate surface area is 185 Å². The second-order valence-electron chi connectivity index (χ2n) is 7.74. The minimum atomic E-state index is -0.426. The van der Waals surface area contributed by atoms with Crippen molar-refractivity contribution in [3.8, 4) is 33.2 Å². The maximum Gasteiger partial charge on any atom is 0.186 e. The summed E-state index contributed by atoms with van der Waals surface area (Å²) >= 11 is 7.90. The molecule has 0 atom stereocenters. The van der Waals surface area contributed by atoms with Gasteiger partial charge in [0.05, 0.1) is 15.5 Å². The average Bonchev–Trinajstić information content (AvgIpc) is 3.20. The van der Waals surface area contributed by atoms with E-state index in [1.165, 1.54) is 27.6 Å². The third kappa shape index (κ3) is 3.57. The summed E-state index contributed by atoms with van der Waals surface area (Å²) in [7, 11) is 1.83. The van der Waals surface area contributed by atoms with E-state index in [1.54, 1.807) is 28.2 Å². The lowest BCUT2D eigenvalue weighted by Crippen LogP contribution is -1.94. The molecular formula is C24H23ClFN3S. The van der Waals surface area contributed by atoms with E-state index in [0.717, 1.165) is 10.4 Å². The summed E-state index contributed by atoms with van der Waals surface area (Å²) < 4.78 is 16.1. The Morgan fingerprint density at radius 2 is 1.73 bits per heavy atom. The molecule has 0 bridgehead atoms. The molecule has 30 heavy (non-hydrogen) atoms. The standard InChI is InChI=1S/C24H23ClFN3S/c1-13(2)16-9-11-17(12-10-16)20-14(3)22(30-15(20)4)24-27-23(28-29(24)5)21-18(25)7-6-8-19(21)26/h6-13H,1-5H3. The van der Waals surface area contributed by atoms with Gasteiger partial charge in [0, 0.05) is 11.9 Å². The van der Waals surface area contributed by atoms with E-state index in [0.29, 0.717) is 22.6 Å². The third-order valence-corrected chi connectivity index (χ3v) is 6.86. The molecule has 0 fully saturated rings. The number of benzene rings is 2. The van der Waals surface area contributed by atoms with Gasteiger partial charge in [0.1, 0.15) is 5.82 Å². The van der Waals surface area contributed by atoms with Gasteiger partial charge in [-0.3, -0.25) is 0 Å². The second kappa shape index (κ2) is 7.97. The van der Waals surface area contributed by atoms with E-state index < -0.39 is 5.82 Å². The van der Waals surface area contributed by atoms with Crippen molar-refractivity contribution < 1.29 is 4.39 Å². The molecule has 2 heterocycles. The molecule has 0 aliphatic rings. The average molecular weight is 440 g/mol. The quantitative estimate of drug-likeness (QED) is 0.331. The highest BCUT2D eigenvalue weighted by Gasteiger charge is 2.22. The Hall–Kier alpha value is -2.50. The zero-order valence-corrected chi connectivity index (χ0v) is 19.2. The van der Waals surface area contributed by atoms with Gasteiger partial charge in [-0.15, -0.1) is 11.3 Å². The molecule has 2 aromatic carbocycles. The van der Waals surface area contributed by atoms with Gasteiger partial charge in [-0.1, -0.05) is 55.8 Å². The summed E-state index contributed by atoms with van der Waals surface area (Å²) in [6.07, 6.45) is 0. The molecule has 3 nitrogen and oxygen atoms in total. The van der Waals surface area contributed by atoms with E-state index in [9.17, 15) is 4.39 Å². The molecule has 0 radical (unpaired) electrons. The molecule has 4 rings (SSSR count). The van der Waals surface area contributed by atoms with Crippen LogP contribution in [0, 0.1) is 19.7 Å². The van der Waals surface area contributed by atoms with Crippen molar-refractivity contribution in [1.29, 1.82) is 0 Å². The Morgan fingerprint density at radius 1 is 1.03 bits per heavy atom. The fourth-order valence-corrected chi connectivity index (χ4v) is 5.18. The molecule has 0 N–H and O–H groups in total. The Kier molecular flexibility index (Phi) is 5.51. The second-order valence-corrected chi connectivity index (χ2v) is 9.38. The van der Waals surface area contributed by atoms with Gasteiger partial charge in [-0.2, -0.15) is 5.10 Å². The highest BCUT2D eigenvalue weighted by atomic mass is 35.5. The zero-order valence-electron chi connectivity index (χ0n) is 17.6. The molecule has 154 valence electrons. The van der Waals surface area contributed by atoms with Crippen LogP contribution in [-0.2, 0) is 7.05 Å². The van der Waals surface area contributed by atoms with Crippen LogP contribution in [-0.4, -0.2) is 14.8 Å². The van der Waals surface area contributed by atoms with Crippen LogP contribution >= 0.6 is 22.9 Å². The van der Waals surface area contributed by atoms with Crippen molar-refractivity contribution in [3.63, 3.8) is 0 Å². The van der Waals surface area contributed by atoms with Crippen molar-refractivity contribution in [2.45, 2.75) is 33.6 Å². The number of aryl methyl sites for hydroxylation is 2. The smallest absolute Gasteiger partial charge is 0.186 e. The predicted octanol–water partition coefficient (Wildman–Crippen LogP) is 7.41. The van der Waals surface area contributed by atoms with E-state index in [4.69, 9.17) is 11.6 Å². The maximum atomic E-state index is 14.4. The van der Waals surface area contributed by atoms with E-state index in [-0.39, 0.29) is 5.56 Å². The fourth-order valence-electron chi connectivity index (χ4n) is 3.73. The van der Waals surface area contributed by atoms with E-state index in [2.05, 4.69) is 62.0 Å². The first-order chi connectivity index (χ1) is 14.3. The number of hydrogen-bond donors (Lipinski definition) is 0. The maximum absolute atomic E-state index is 14.4. The summed E-state index contributed by atoms with van der Waals surface area (Å²) in [4.78, 5) is 6.90. The van der Waals surface area contributed by atoms with Gasteiger partial charge < -0.3 is 0 Å². The Bertz CT molecular complexity index is 1200. The summed E-state index contributed by atoms with van der Waals surface area (Å²) in [6.45, 7) is 8.62. The summed E-state index contributed by atoms with van der Waals surface area (Å²) in [5.41, 5.74) is 5.12. The number of hydrogen-bond acceptors (Lipinski definition) is 3. The molecule has 4 aromatic rings. The monoisotopic (exact) mass is 439 g/mol. The largest absolute Gasteiger partial charge is 0.248 e. The van der Waals surface area contributed by atoms with Crippen LogP contribution in [0.2, 0.25) is 5.02 Å². The summed E-state index contributed by atoms with van der Waals surface area (Å²) in [5.74, 6) is 1.08. The minimum Gasteiger partial charge on any atom is -0.248 e. The molecular weight excluding hydrogens is 417 g/mol. The molecule has 0 saturated heterocycles. The van der Waals surface area contributed by atoms with Crippen LogP contribution in [0.3, 0.4) is 0 Å². The van der Waals surface area contributed by atoms with Crippen LogP contribution in [0.1, 0.15) is 35.8 Å². The number of aromatic nitrogens is 3. The number of rotatable bonds is 4. The van der Waals surface area contributed by atoms with Gasteiger partial charge in [-0.05, 0) is 54.2 Å². The topological polar surface area (TPSA) is 30.7 Å². The van der Waals surface area contributed by atoms with Crippen LogP contribution < -0.4 is 0 Å². The van der Waals surface area contributed by atoms with Crippen LogP contribution in [0.4, 0.5) is 4.39 Å². The number of halogens is 2. The van der Waals surface area contributed by atoms with Crippen molar-refractivity contribution in [3.05, 3.63) is 69.3 Å². The van der Waals surface area contributed by atoms with Gasteiger partial charge in [0.2, 0.25) is 0 Å². The molecule has 0 unspecified atom stereocenters. The Morgan fingerprint density at radius 3 is 2.37 bits per heavy atom. The Balaban J connectivity index is 1.80. The molecule has 0 saturated carbocycles. The van der Waals surface area contributed by atoms with Crippen molar-refractivity contribution in [2.24, 2.45) is 7.05 Å². The van der Waals surface area contributed by atoms with Gasteiger partial charge >= 0.3 is 0 Å². The van der Waals surface area contributed by atoms with Gasteiger partial charge in [0.15, 0.2) is 11.6 Å². The lowest BCUT2D eigenvalue weighted by Gasteiger charge is -2.08. The molecule has 0 spiro atoms. The molecule has 6 heteroatoms. The first kappa shape index (κ1) is 20.8. The fraction of sp³-hybridized carbons (Fsp3) is 0.250. The first-order valence-corrected chi connectivity index (χ1v) is 11.0. The van der Waals surface area contributed by atoms with Gasteiger partial charge in [-0.25, -0.2) is 14.1 Å². The molecule has 0 amide bonds. The summed E-state index contributed by atoms with van der Waals surface area (Å²) in [6, 6.07) is 13.3. The lowest BCUT2D eigenvalue weighted by atomic mass is 9.97. The third-order valence-electron chi connectivity index (χ3n) is 5.34. The highest BCUT2D eigenvalue weighted by molar-refractivity contribution is 7.16. The minimum absolute atomic E-state index is 0.233. The van der Waals surface area contributed by atoms with Crippen molar-refractivity contribution in [2.75, 3.05) is 0 Å². The number of nitrogens with zero attached hydrogens (tertiary/aromatic N) is 3. The lowest BCUT2D eigenvalue weighted by molar-refractivity contribution is 0.629. The summed E-state index contributed by atoms with van der Waals surface area (Å²) in [5, 5.41) is 4.75. The highest BCUT2D eigenvalue weighted by Crippen LogP contribution is 2.41. The SMILES string of the molecule is Cc1sc(-c2nc(-c3c(F)cccc3Cl)nn2C)c(C)c1-c1ccc(C(C)C)cc1. The van der Waals surface area contributed by atoms with E-state index in [1.807, 2.05) is 7.05 Å². The molecule has 0 aliphatic heterocycles. The van der Waals surface area contributed by atoms with Crippen molar-refractivity contribution in [1.82, 2.24) is 14.8 Å².